The minimum absolute atomic E-state index is 0.519. The van der Waals surface area contributed by atoms with Crippen LogP contribution in [-0.2, 0) is 6.54 Å². The first-order chi connectivity index (χ1) is 10.0. The number of benzene rings is 1. The third kappa shape index (κ3) is 5.99. The average molecular weight is 355 g/mol. The van der Waals surface area contributed by atoms with E-state index in [2.05, 4.69) is 79.0 Å². The Bertz CT molecular complexity index is 414. The maximum atomic E-state index is 3.76. The van der Waals surface area contributed by atoms with E-state index in [0.29, 0.717) is 6.04 Å². The largest absolute Gasteiger partial charge is 0.371 e. The van der Waals surface area contributed by atoms with Crippen LogP contribution in [-0.4, -0.2) is 19.1 Å². The third-order valence-electron chi connectivity index (χ3n) is 4.08. The quantitative estimate of drug-likeness (QED) is 0.654. The van der Waals surface area contributed by atoms with E-state index >= 15 is 0 Å². The molecule has 0 bridgehead atoms. The molecular formula is C18H31BrN2. The van der Waals surface area contributed by atoms with Gasteiger partial charge >= 0.3 is 0 Å². The first-order valence-corrected chi connectivity index (χ1v) is 9.07. The highest BCUT2D eigenvalue weighted by Crippen LogP contribution is 2.28. The molecule has 120 valence electrons. The van der Waals surface area contributed by atoms with Crippen molar-refractivity contribution >= 4 is 21.6 Å². The van der Waals surface area contributed by atoms with Crippen molar-refractivity contribution in [2.45, 2.75) is 60.0 Å². The maximum absolute atomic E-state index is 3.76. The highest BCUT2D eigenvalue weighted by atomic mass is 79.9. The summed E-state index contributed by atoms with van der Waals surface area (Å²) in [5.74, 6) is 0.777. The van der Waals surface area contributed by atoms with Gasteiger partial charge in [0.2, 0.25) is 0 Å². The van der Waals surface area contributed by atoms with E-state index in [0.717, 1.165) is 25.6 Å². The van der Waals surface area contributed by atoms with Crippen molar-refractivity contribution in [2.75, 3.05) is 18.0 Å². The Morgan fingerprint density at radius 2 is 1.81 bits per heavy atom. The van der Waals surface area contributed by atoms with Gasteiger partial charge in [-0.1, -0.05) is 46.6 Å². The molecule has 0 amide bonds. The van der Waals surface area contributed by atoms with Crippen molar-refractivity contribution < 1.29 is 0 Å². The Labute approximate surface area is 139 Å². The van der Waals surface area contributed by atoms with Gasteiger partial charge in [-0.3, -0.25) is 0 Å². The first kappa shape index (κ1) is 18.5. The molecule has 1 aromatic carbocycles. The van der Waals surface area contributed by atoms with E-state index in [1.165, 1.54) is 28.6 Å². The minimum Gasteiger partial charge on any atom is -0.371 e. The number of nitrogens with zero attached hydrogens (tertiary/aromatic N) is 1. The van der Waals surface area contributed by atoms with Crippen molar-refractivity contribution in [1.82, 2.24) is 5.32 Å². The van der Waals surface area contributed by atoms with Crippen LogP contribution in [0.1, 0.15) is 53.0 Å². The Balaban J connectivity index is 2.80. The Morgan fingerprint density at radius 3 is 2.29 bits per heavy atom. The summed E-state index contributed by atoms with van der Waals surface area (Å²) in [5.41, 5.74) is 2.65. The number of anilines is 1. The number of halogens is 1. The summed E-state index contributed by atoms with van der Waals surface area (Å²) in [5, 5.41) is 3.47. The van der Waals surface area contributed by atoms with Crippen LogP contribution in [0.3, 0.4) is 0 Å². The molecule has 0 atom stereocenters. The SMILES string of the molecule is CCC(CC)CN(CC)c1ccc(CNC(C)C)cc1Br. The summed E-state index contributed by atoms with van der Waals surface area (Å²) >= 11 is 3.76. The van der Waals surface area contributed by atoms with Crippen LogP contribution in [0.4, 0.5) is 5.69 Å². The second-order valence-electron chi connectivity index (χ2n) is 6.04. The smallest absolute Gasteiger partial charge is 0.0510 e. The number of hydrogen-bond donors (Lipinski definition) is 1. The summed E-state index contributed by atoms with van der Waals surface area (Å²) in [6.45, 7) is 14.3. The molecular weight excluding hydrogens is 324 g/mol. The van der Waals surface area contributed by atoms with Gasteiger partial charge in [0.15, 0.2) is 0 Å². The van der Waals surface area contributed by atoms with Gasteiger partial charge in [-0.05, 0) is 46.5 Å². The lowest BCUT2D eigenvalue weighted by molar-refractivity contribution is 0.486. The topological polar surface area (TPSA) is 15.3 Å². The lowest BCUT2D eigenvalue weighted by atomic mass is 10.0. The van der Waals surface area contributed by atoms with E-state index < -0.39 is 0 Å². The molecule has 0 saturated carbocycles. The van der Waals surface area contributed by atoms with Crippen LogP contribution < -0.4 is 10.2 Å². The summed E-state index contributed by atoms with van der Waals surface area (Å²) < 4.78 is 1.21. The van der Waals surface area contributed by atoms with Crippen molar-refractivity contribution in [2.24, 2.45) is 5.92 Å². The zero-order valence-corrected chi connectivity index (χ0v) is 15.8. The molecule has 1 aromatic rings. The molecule has 0 aromatic heterocycles. The van der Waals surface area contributed by atoms with Crippen molar-refractivity contribution in [1.29, 1.82) is 0 Å². The lowest BCUT2D eigenvalue weighted by Gasteiger charge is -2.28. The second kappa shape index (κ2) is 9.47. The molecule has 1 N–H and O–H groups in total. The van der Waals surface area contributed by atoms with Crippen LogP contribution in [0.25, 0.3) is 0 Å². The molecule has 0 aliphatic heterocycles. The van der Waals surface area contributed by atoms with Crippen molar-refractivity contribution in [3.63, 3.8) is 0 Å². The monoisotopic (exact) mass is 354 g/mol. The van der Waals surface area contributed by atoms with E-state index in [1.807, 2.05) is 0 Å². The van der Waals surface area contributed by atoms with Crippen LogP contribution >= 0.6 is 15.9 Å². The molecule has 0 unspecified atom stereocenters. The highest BCUT2D eigenvalue weighted by molar-refractivity contribution is 9.10. The fourth-order valence-corrected chi connectivity index (χ4v) is 3.17. The molecule has 1 rings (SSSR count). The molecule has 0 radical (unpaired) electrons. The number of hydrogen-bond acceptors (Lipinski definition) is 2. The Hall–Kier alpha value is -0.540. The normalized spacial score (nSPS) is 11.4. The van der Waals surface area contributed by atoms with Gasteiger partial charge in [0.1, 0.15) is 0 Å². The fourth-order valence-electron chi connectivity index (χ4n) is 2.50. The molecule has 0 heterocycles. The zero-order chi connectivity index (χ0) is 15.8. The molecule has 0 aliphatic carbocycles. The standard InChI is InChI=1S/C18H31BrN2/c1-6-15(7-2)13-21(8-3)18-10-9-16(11-17(18)19)12-20-14(4)5/h9-11,14-15,20H,6-8,12-13H2,1-5H3. The molecule has 0 spiro atoms. The Morgan fingerprint density at radius 1 is 1.14 bits per heavy atom. The maximum Gasteiger partial charge on any atom is 0.0510 e. The van der Waals surface area contributed by atoms with Gasteiger partial charge in [0, 0.05) is 30.1 Å². The van der Waals surface area contributed by atoms with Gasteiger partial charge in [-0.15, -0.1) is 0 Å². The van der Waals surface area contributed by atoms with Gasteiger partial charge in [-0.25, -0.2) is 0 Å². The van der Waals surface area contributed by atoms with E-state index in [1.54, 1.807) is 0 Å². The van der Waals surface area contributed by atoms with Crippen LogP contribution in [0.2, 0.25) is 0 Å². The predicted molar refractivity (Wildman–Crippen MR) is 98.1 cm³/mol. The minimum atomic E-state index is 0.519. The van der Waals surface area contributed by atoms with E-state index in [-0.39, 0.29) is 0 Å². The number of rotatable bonds is 9. The van der Waals surface area contributed by atoms with Gasteiger partial charge < -0.3 is 10.2 Å². The molecule has 0 aliphatic rings. The number of nitrogens with one attached hydrogen (secondary N) is 1. The average Bonchev–Trinajstić information content (AvgIpc) is 2.47. The summed E-state index contributed by atoms with van der Waals surface area (Å²) in [6, 6.07) is 7.27. The van der Waals surface area contributed by atoms with Gasteiger partial charge in [-0.2, -0.15) is 0 Å². The third-order valence-corrected chi connectivity index (χ3v) is 4.72. The summed E-state index contributed by atoms with van der Waals surface area (Å²) in [7, 11) is 0. The highest BCUT2D eigenvalue weighted by Gasteiger charge is 2.13. The summed E-state index contributed by atoms with van der Waals surface area (Å²) in [4.78, 5) is 2.49. The van der Waals surface area contributed by atoms with Gasteiger partial charge in [0.25, 0.3) is 0 Å². The fraction of sp³-hybridized carbons (Fsp3) is 0.667. The first-order valence-electron chi connectivity index (χ1n) is 8.28. The molecule has 21 heavy (non-hydrogen) atoms. The molecule has 0 fully saturated rings. The predicted octanol–water partition coefficient (Wildman–Crippen LogP) is 5.21. The van der Waals surface area contributed by atoms with E-state index in [9.17, 15) is 0 Å². The zero-order valence-electron chi connectivity index (χ0n) is 14.2. The summed E-state index contributed by atoms with van der Waals surface area (Å²) in [6.07, 6.45) is 2.50. The molecule has 3 heteroatoms. The van der Waals surface area contributed by atoms with E-state index in [4.69, 9.17) is 0 Å². The molecule has 0 saturated heterocycles. The van der Waals surface area contributed by atoms with Crippen LogP contribution in [0.5, 0.6) is 0 Å². The lowest BCUT2D eigenvalue weighted by Crippen LogP contribution is -2.29. The van der Waals surface area contributed by atoms with Gasteiger partial charge in [0.05, 0.1) is 5.69 Å². The van der Waals surface area contributed by atoms with Crippen molar-refractivity contribution in [3.8, 4) is 0 Å². The van der Waals surface area contributed by atoms with Crippen LogP contribution in [0, 0.1) is 5.92 Å². The second-order valence-corrected chi connectivity index (χ2v) is 6.90. The Kier molecular flexibility index (Phi) is 8.35. The van der Waals surface area contributed by atoms with Crippen LogP contribution in [0.15, 0.2) is 22.7 Å². The van der Waals surface area contributed by atoms with Crippen molar-refractivity contribution in [3.05, 3.63) is 28.2 Å². The molecule has 2 nitrogen and oxygen atoms in total.